The molecule has 0 N–H and O–H groups in total. The molecule has 4 rings (SSSR count). The Morgan fingerprint density at radius 3 is 2.29 bits per heavy atom. The van der Waals surface area contributed by atoms with Crippen molar-refractivity contribution in [2.24, 2.45) is 0 Å². The monoisotopic (exact) mass is 294 g/mol. The summed E-state index contributed by atoms with van der Waals surface area (Å²) in [6.07, 6.45) is 3.62. The largest absolute Gasteiger partial charge is 0.416 e. The third kappa shape index (κ3) is 2.32. The van der Waals surface area contributed by atoms with Crippen molar-refractivity contribution >= 4 is 5.82 Å². The van der Waals surface area contributed by atoms with Crippen molar-refractivity contribution in [1.82, 2.24) is 4.98 Å². The lowest BCUT2D eigenvalue weighted by molar-refractivity contribution is -0.137. The summed E-state index contributed by atoms with van der Waals surface area (Å²) in [7, 11) is 0. The highest BCUT2D eigenvalue weighted by atomic mass is 19.4. The molecule has 2 saturated heterocycles. The number of halogens is 3. The van der Waals surface area contributed by atoms with Crippen molar-refractivity contribution in [3.05, 3.63) is 35.0 Å². The molecule has 2 unspecified atom stereocenters. The van der Waals surface area contributed by atoms with Gasteiger partial charge in [0, 0.05) is 18.3 Å². The zero-order chi connectivity index (χ0) is 14.6. The second-order valence-electron chi connectivity index (χ2n) is 6.31. The van der Waals surface area contributed by atoms with Crippen LogP contribution < -0.4 is 4.90 Å². The minimum atomic E-state index is -4.30. The molecule has 2 bridgehead atoms. The summed E-state index contributed by atoms with van der Waals surface area (Å²) in [5, 5.41) is 0. The van der Waals surface area contributed by atoms with Gasteiger partial charge < -0.3 is 4.90 Å². The van der Waals surface area contributed by atoms with Gasteiger partial charge in [-0.3, -0.25) is 0 Å². The fraction of sp³-hybridized carbons (Fsp3) is 0.562. The number of piperidine rings is 1. The average Bonchev–Trinajstić information content (AvgIpc) is 3.24. The smallest absolute Gasteiger partial charge is 0.350 e. The Morgan fingerprint density at radius 2 is 1.71 bits per heavy atom. The highest BCUT2D eigenvalue weighted by molar-refractivity contribution is 5.48. The van der Waals surface area contributed by atoms with Gasteiger partial charge in [-0.2, -0.15) is 13.2 Å². The minimum absolute atomic E-state index is 0.336. The molecule has 0 aromatic carbocycles. The van der Waals surface area contributed by atoms with E-state index in [4.69, 9.17) is 0 Å². The van der Waals surface area contributed by atoms with E-state index in [1.54, 1.807) is 11.1 Å². The molecule has 1 aromatic heterocycles. The normalized spacial score (nSPS) is 28.2. The topological polar surface area (TPSA) is 16.1 Å². The molecule has 5 heteroatoms. The van der Waals surface area contributed by atoms with Crippen LogP contribution in [-0.2, 0) is 6.18 Å². The number of pyridine rings is 1. The van der Waals surface area contributed by atoms with Crippen LogP contribution in [0.15, 0.2) is 29.5 Å². The van der Waals surface area contributed by atoms with Gasteiger partial charge >= 0.3 is 6.18 Å². The number of hydrogen-bond acceptors (Lipinski definition) is 2. The molecule has 2 nitrogen and oxygen atoms in total. The van der Waals surface area contributed by atoms with E-state index < -0.39 is 11.7 Å². The summed E-state index contributed by atoms with van der Waals surface area (Å²) in [5.74, 6) is 0.497. The van der Waals surface area contributed by atoms with Crippen LogP contribution in [0.3, 0.4) is 0 Å². The van der Waals surface area contributed by atoms with E-state index in [2.05, 4.69) is 9.88 Å². The zero-order valence-corrected chi connectivity index (χ0v) is 11.7. The first-order valence-corrected chi connectivity index (χ1v) is 7.54. The predicted octanol–water partition coefficient (Wildman–Crippen LogP) is 4.32. The summed E-state index contributed by atoms with van der Waals surface area (Å²) in [6.45, 7) is 0. The van der Waals surface area contributed by atoms with Gasteiger partial charge in [-0.25, -0.2) is 4.98 Å². The van der Waals surface area contributed by atoms with Crippen LogP contribution in [0.1, 0.15) is 44.1 Å². The predicted molar refractivity (Wildman–Crippen MR) is 74.0 cm³/mol. The Labute approximate surface area is 121 Å². The molecule has 0 amide bonds. The minimum Gasteiger partial charge on any atom is -0.350 e. The summed E-state index contributed by atoms with van der Waals surface area (Å²) < 4.78 is 38.6. The first kappa shape index (κ1) is 13.2. The SMILES string of the molecule is FC(F)(F)c1ccnc(N2C3CCC2CC(=C2CC2)C3)c1. The van der Waals surface area contributed by atoms with Gasteiger partial charge in [-0.15, -0.1) is 0 Å². The van der Waals surface area contributed by atoms with E-state index in [0.717, 1.165) is 31.7 Å². The first-order valence-electron chi connectivity index (χ1n) is 7.54. The van der Waals surface area contributed by atoms with Crippen LogP contribution in [0, 0.1) is 0 Å². The molecule has 1 aliphatic carbocycles. The van der Waals surface area contributed by atoms with Gasteiger partial charge in [0.05, 0.1) is 5.56 Å². The van der Waals surface area contributed by atoms with E-state index in [1.165, 1.54) is 25.1 Å². The van der Waals surface area contributed by atoms with Crippen molar-refractivity contribution < 1.29 is 13.2 Å². The number of fused-ring (bicyclic) bond motifs is 2. The summed E-state index contributed by atoms with van der Waals surface area (Å²) in [5.41, 5.74) is 2.58. The Hall–Kier alpha value is -1.52. The molecule has 3 heterocycles. The van der Waals surface area contributed by atoms with Gasteiger partial charge in [0.2, 0.25) is 0 Å². The van der Waals surface area contributed by atoms with Gasteiger partial charge in [0.25, 0.3) is 0 Å². The van der Waals surface area contributed by atoms with E-state index in [0.29, 0.717) is 17.9 Å². The van der Waals surface area contributed by atoms with E-state index in [-0.39, 0.29) is 0 Å². The quantitative estimate of drug-likeness (QED) is 0.717. The Kier molecular flexibility index (Phi) is 2.81. The summed E-state index contributed by atoms with van der Waals surface area (Å²) in [6, 6.07) is 2.93. The molecule has 0 radical (unpaired) electrons. The van der Waals surface area contributed by atoms with Crippen LogP contribution in [-0.4, -0.2) is 17.1 Å². The Morgan fingerprint density at radius 1 is 1.05 bits per heavy atom. The standard InChI is InChI=1S/C16H17F3N2/c17-16(18,19)12-5-6-20-15(9-12)21-13-3-4-14(21)8-11(7-13)10-1-2-10/h5-6,9,13-14H,1-4,7-8H2. The van der Waals surface area contributed by atoms with Crippen LogP contribution >= 0.6 is 0 Å². The molecule has 2 atom stereocenters. The number of alkyl halides is 3. The Bertz CT molecular complexity index is 584. The highest BCUT2D eigenvalue weighted by Crippen LogP contribution is 2.46. The average molecular weight is 294 g/mol. The van der Waals surface area contributed by atoms with E-state index >= 15 is 0 Å². The third-order valence-electron chi connectivity index (χ3n) is 4.92. The molecule has 112 valence electrons. The fourth-order valence-corrected chi connectivity index (χ4v) is 3.83. The van der Waals surface area contributed by atoms with Crippen LogP contribution in [0.25, 0.3) is 0 Å². The molecule has 21 heavy (non-hydrogen) atoms. The molecular formula is C16H17F3N2. The number of nitrogens with zero attached hydrogens (tertiary/aromatic N) is 2. The molecule has 1 aromatic rings. The molecule has 1 saturated carbocycles. The number of hydrogen-bond donors (Lipinski definition) is 0. The van der Waals surface area contributed by atoms with Gasteiger partial charge in [0.15, 0.2) is 0 Å². The number of anilines is 1. The van der Waals surface area contributed by atoms with Crippen molar-refractivity contribution in [1.29, 1.82) is 0 Å². The summed E-state index contributed by atoms with van der Waals surface area (Å²) in [4.78, 5) is 6.35. The summed E-state index contributed by atoms with van der Waals surface area (Å²) >= 11 is 0. The lowest BCUT2D eigenvalue weighted by Crippen LogP contribution is -2.41. The van der Waals surface area contributed by atoms with Crippen LogP contribution in [0.2, 0.25) is 0 Å². The van der Waals surface area contributed by atoms with Gasteiger partial charge in [-0.1, -0.05) is 11.1 Å². The van der Waals surface area contributed by atoms with Crippen molar-refractivity contribution in [2.45, 2.75) is 56.8 Å². The molecule has 3 fully saturated rings. The zero-order valence-electron chi connectivity index (χ0n) is 11.7. The lowest BCUT2D eigenvalue weighted by Gasteiger charge is -2.37. The highest BCUT2D eigenvalue weighted by Gasteiger charge is 2.41. The van der Waals surface area contributed by atoms with Crippen molar-refractivity contribution in [3.8, 4) is 0 Å². The number of allylic oxidation sites excluding steroid dienone is 1. The van der Waals surface area contributed by atoms with Crippen molar-refractivity contribution in [3.63, 3.8) is 0 Å². The maximum Gasteiger partial charge on any atom is 0.416 e. The van der Waals surface area contributed by atoms with Crippen molar-refractivity contribution in [2.75, 3.05) is 4.90 Å². The molecule has 3 aliphatic rings. The van der Waals surface area contributed by atoms with E-state index in [1.807, 2.05) is 0 Å². The van der Waals surface area contributed by atoms with E-state index in [9.17, 15) is 13.2 Å². The van der Waals surface area contributed by atoms with Crippen LogP contribution in [0.5, 0.6) is 0 Å². The maximum absolute atomic E-state index is 12.9. The maximum atomic E-state index is 12.9. The molecular weight excluding hydrogens is 277 g/mol. The first-order chi connectivity index (χ1) is 10.0. The number of aromatic nitrogens is 1. The number of rotatable bonds is 1. The van der Waals surface area contributed by atoms with Gasteiger partial charge in [-0.05, 0) is 50.7 Å². The fourth-order valence-electron chi connectivity index (χ4n) is 3.83. The van der Waals surface area contributed by atoms with Crippen LogP contribution in [0.4, 0.5) is 19.0 Å². The second kappa shape index (κ2) is 4.49. The van der Waals surface area contributed by atoms with Gasteiger partial charge in [0.1, 0.15) is 5.82 Å². The third-order valence-corrected chi connectivity index (χ3v) is 4.92. The molecule has 2 aliphatic heterocycles. The molecule has 0 spiro atoms. The lowest BCUT2D eigenvalue weighted by atomic mass is 9.95. The Balaban J connectivity index is 1.64. The second-order valence-corrected chi connectivity index (χ2v) is 6.31.